The smallest absolute Gasteiger partial charge is 0.273 e. The Kier molecular flexibility index (Phi) is 6.20. The third-order valence-corrected chi connectivity index (χ3v) is 4.72. The Balaban J connectivity index is 1.72. The van der Waals surface area contributed by atoms with E-state index in [0.29, 0.717) is 5.56 Å². The second kappa shape index (κ2) is 8.99. The highest BCUT2D eigenvalue weighted by Gasteiger charge is 2.15. The maximum absolute atomic E-state index is 12.1. The zero-order chi connectivity index (χ0) is 22.5. The predicted octanol–water partition coefficient (Wildman–Crippen LogP) is 3.60. The molecule has 158 valence electrons. The predicted molar refractivity (Wildman–Crippen MR) is 114 cm³/mol. The number of hydrogen-bond donors (Lipinski definition) is 1. The Morgan fingerprint density at radius 1 is 1.06 bits per heavy atom. The SMILES string of the molecule is Cc1cc(C=NNC(=O)Cc2ccccc2[N+](=O)[O-])c(C)n1-c1ccc([N+](=O)[O-])cc1. The maximum Gasteiger partial charge on any atom is 0.273 e. The number of rotatable bonds is 7. The van der Waals surface area contributed by atoms with E-state index in [4.69, 9.17) is 0 Å². The minimum absolute atomic E-state index is 0.00867. The molecular formula is C21H19N5O5. The Morgan fingerprint density at radius 2 is 1.74 bits per heavy atom. The van der Waals surface area contributed by atoms with E-state index in [1.807, 2.05) is 24.5 Å². The second-order valence-electron chi connectivity index (χ2n) is 6.79. The van der Waals surface area contributed by atoms with Crippen molar-refractivity contribution in [2.45, 2.75) is 20.3 Å². The number of aromatic nitrogens is 1. The van der Waals surface area contributed by atoms with Gasteiger partial charge in [-0.15, -0.1) is 0 Å². The fraction of sp³-hybridized carbons (Fsp3) is 0.143. The van der Waals surface area contributed by atoms with Gasteiger partial charge in [-0.25, -0.2) is 5.43 Å². The number of aryl methyl sites for hydroxylation is 1. The van der Waals surface area contributed by atoms with Crippen LogP contribution >= 0.6 is 0 Å². The van der Waals surface area contributed by atoms with Crippen molar-refractivity contribution in [3.63, 3.8) is 0 Å². The van der Waals surface area contributed by atoms with E-state index in [9.17, 15) is 25.0 Å². The molecule has 0 saturated carbocycles. The van der Waals surface area contributed by atoms with Crippen molar-refractivity contribution in [3.05, 3.63) is 97.3 Å². The molecule has 0 unspecified atom stereocenters. The molecule has 1 aromatic heterocycles. The largest absolute Gasteiger partial charge is 0.318 e. The number of non-ortho nitro benzene ring substituents is 1. The van der Waals surface area contributed by atoms with Crippen LogP contribution in [0.3, 0.4) is 0 Å². The molecule has 0 aliphatic carbocycles. The molecule has 31 heavy (non-hydrogen) atoms. The number of para-hydroxylation sites is 1. The Hall–Kier alpha value is -4.34. The molecule has 1 N–H and O–H groups in total. The van der Waals surface area contributed by atoms with Crippen LogP contribution in [0.5, 0.6) is 0 Å². The maximum atomic E-state index is 12.1. The molecule has 0 radical (unpaired) electrons. The zero-order valence-corrected chi connectivity index (χ0v) is 16.8. The molecule has 0 bridgehead atoms. The van der Waals surface area contributed by atoms with Gasteiger partial charge in [-0.05, 0) is 32.0 Å². The van der Waals surface area contributed by atoms with E-state index in [2.05, 4.69) is 10.5 Å². The summed E-state index contributed by atoms with van der Waals surface area (Å²) in [6.45, 7) is 3.75. The average molecular weight is 421 g/mol. The van der Waals surface area contributed by atoms with Gasteiger partial charge in [-0.2, -0.15) is 5.10 Å². The number of hydrazone groups is 1. The van der Waals surface area contributed by atoms with Crippen LogP contribution in [0.15, 0.2) is 59.7 Å². The fourth-order valence-corrected chi connectivity index (χ4v) is 3.26. The number of nitrogens with zero attached hydrogens (tertiary/aromatic N) is 4. The molecule has 2 aromatic carbocycles. The molecule has 0 atom stereocenters. The summed E-state index contributed by atoms with van der Waals surface area (Å²) in [5.41, 5.74) is 5.82. The van der Waals surface area contributed by atoms with Gasteiger partial charge in [0.25, 0.3) is 11.4 Å². The zero-order valence-electron chi connectivity index (χ0n) is 16.8. The highest BCUT2D eigenvalue weighted by atomic mass is 16.6. The molecule has 1 heterocycles. The van der Waals surface area contributed by atoms with Gasteiger partial charge in [0, 0.05) is 46.4 Å². The number of carbonyl (C=O) groups excluding carboxylic acids is 1. The summed E-state index contributed by atoms with van der Waals surface area (Å²) >= 11 is 0. The molecule has 10 heteroatoms. The van der Waals surface area contributed by atoms with Gasteiger partial charge in [-0.1, -0.05) is 18.2 Å². The van der Waals surface area contributed by atoms with Crippen LogP contribution in [-0.2, 0) is 11.2 Å². The van der Waals surface area contributed by atoms with Crippen molar-refractivity contribution in [2.24, 2.45) is 5.10 Å². The lowest BCUT2D eigenvalue weighted by Crippen LogP contribution is -2.20. The fourth-order valence-electron chi connectivity index (χ4n) is 3.26. The first-order valence-corrected chi connectivity index (χ1v) is 9.26. The Labute approximate surface area is 177 Å². The molecule has 1 amide bonds. The van der Waals surface area contributed by atoms with Gasteiger partial charge in [0.15, 0.2) is 0 Å². The number of carbonyl (C=O) groups is 1. The normalized spacial score (nSPS) is 10.9. The van der Waals surface area contributed by atoms with Crippen molar-refractivity contribution in [2.75, 3.05) is 0 Å². The lowest BCUT2D eigenvalue weighted by molar-refractivity contribution is -0.385. The topological polar surface area (TPSA) is 133 Å². The first kappa shape index (κ1) is 21.4. The highest BCUT2D eigenvalue weighted by Crippen LogP contribution is 2.22. The summed E-state index contributed by atoms with van der Waals surface area (Å²) in [4.78, 5) is 33.0. The van der Waals surface area contributed by atoms with Crippen molar-refractivity contribution in [3.8, 4) is 5.69 Å². The number of nitro benzene ring substituents is 2. The average Bonchev–Trinajstić information content (AvgIpc) is 3.01. The quantitative estimate of drug-likeness (QED) is 0.353. The van der Waals surface area contributed by atoms with E-state index in [1.165, 1.54) is 30.5 Å². The van der Waals surface area contributed by atoms with Gasteiger partial charge < -0.3 is 4.57 Å². The van der Waals surface area contributed by atoms with E-state index < -0.39 is 15.8 Å². The van der Waals surface area contributed by atoms with Crippen LogP contribution in [0.1, 0.15) is 22.5 Å². The number of nitro groups is 2. The summed E-state index contributed by atoms with van der Waals surface area (Å²) < 4.78 is 1.92. The molecule has 0 aliphatic heterocycles. The second-order valence-corrected chi connectivity index (χ2v) is 6.79. The Morgan fingerprint density at radius 3 is 2.39 bits per heavy atom. The van der Waals surface area contributed by atoms with Gasteiger partial charge >= 0.3 is 0 Å². The minimum Gasteiger partial charge on any atom is -0.318 e. The number of amides is 1. The van der Waals surface area contributed by atoms with E-state index in [1.54, 1.807) is 24.3 Å². The molecule has 0 saturated heterocycles. The lowest BCUT2D eigenvalue weighted by atomic mass is 10.1. The summed E-state index contributed by atoms with van der Waals surface area (Å²) in [6, 6.07) is 14.1. The highest BCUT2D eigenvalue weighted by molar-refractivity contribution is 5.85. The van der Waals surface area contributed by atoms with Crippen LogP contribution < -0.4 is 5.43 Å². The van der Waals surface area contributed by atoms with E-state index in [-0.39, 0.29) is 17.8 Å². The van der Waals surface area contributed by atoms with Crippen molar-refractivity contribution in [1.82, 2.24) is 9.99 Å². The van der Waals surface area contributed by atoms with Crippen molar-refractivity contribution in [1.29, 1.82) is 0 Å². The summed E-state index contributed by atoms with van der Waals surface area (Å²) in [6.07, 6.45) is 1.32. The van der Waals surface area contributed by atoms with Gasteiger partial charge in [0.1, 0.15) is 0 Å². The lowest BCUT2D eigenvalue weighted by Gasteiger charge is -2.09. The van der Waals surface area contributed by atoms with E-state index >= 15 is 0 Å². The first-order valence-electron chi connectivity index (χ1n) is 9.26. The van der Waals surface area contributed by atoms with Crippen molar-refractivity contribution >= 4 is 23.5 Å². The molecule has 0 aliphatic rings. The van der Waals surface area contributed by atoms with Crippen LogP contribution in [0, 0.1) is 34.1 Å². The third-order valence-electron chi connectivity index (χ3n) is 4.72. The molecular weight excluding hydrogens is 402 g/mol. The van der Waals surface area contributed by atoms with Crippen LogP contribution in [0.4, 0.5) is 11.4 Å². The summed E-state index contributed by atoms with van der Waals surface area (Å²) in [5.74, 6) is -0.477. The molecule has 0 fully saturated rings. The Bertz CT molecular complexity index is 1180. The van der Waals surface area contributed by atoms with Crippen molar-refractivity contribution < 1.29 is 14.6 Å². The number of benzene rings is 2. The molecule has 3 aromatic rings. The van der Waals surface area contributed by atoms with Crippen LogP contribution in [-0.4, -0.2) is 26.5 Å². The molecule has 3 rings (SSSR count). The van der Waals surface area contributed by atoms with Gasteiger partial charge in [-0.3, -0.25) is 25.0 Å². The van der Waals surface area contributed by atoms with Gasteiger partial charge in [0.2, 0.25) is 5.91 Å². The monoisotopic (exact) mass is 421 g/mol. The number of nitrogens with one attached hydrogen (secondary N) is 1. The first-order chi connectivity index (χ1) is 14.8. The van der Waals surface area contributed by atoms with Crippen LogP contribution in [0.2, 0.25) is 0 Å². The van der Waals surface area contributed by atoms with Gasteiger partial charge in [0.05, 0.1) is 22.5 Å². The minimum atomic E-state index is -0.529. The summed E-state index contributed by atoms with van der Waals surface area (Å²) in [7, 11) is 0. The van der Waals surface area contributed by atoms with E-state index in [0.717, 1.165) is 22.6 Å². The molecule has 0 spiro atoms. The molecule has 10 nitrogen and oxygen atoms in total. The number of hydrogen-bond acceptors (Lipinski definition) is 6. The summed E-state index contributed by atoms with van der Waals surface area (Å²) in [5, 5.41) is 25.9. The van der Waals surface area contributed by atoms with Crippen LogP contribution in [0.25, 0.3) is 5.69 Å². The standard InChI is InChI=1S/C21H19N5O5/c1-14-11-17(15(2)24(14)18-7-9-19(10-8-18)25(28)29)13-22-23-21(27)12-16-5-3-4-6-20(16)26(30)31/h3-11,13H,12H2,1-2H3,(H,23,27). The third kappa shape index (κ3) is 4.81.